The molecule has 1 aliphatic rings. The smallest absolute Gasteiger partial charge is 0.318 e. The largest absolute Gasteiger partial charge is 0.373 e. The van der Waals surface area contributed by atoms with Crippen LogP contribution in [0.2, 0.25) is 0 Å². The number of aromatic nitrogens is 1. The third-order valence-corrected chi connectivity index (χ3v) is 4.06. The maximum Gasteiger partial charge on any atom is 0.318 e. The Morgan fingerprint density at radius 3 is 2.95 bits per heavy atom. The molecule has 1 fully saturated rings. The summed E-state index contributed by atoms with van der Waals surface area (Å²) in [4.78, 5) is 17.7. The minimum Gasteiger partial charge on any atom is -0.373 e. The maximum atomic E-state index is 13.5. The van der Waals surface area contributed by atoms with E-state index in [0.29, 0.717) is 0 Å². The second kappa shape index (κ2) is 6.56. The molecule has 0 bridgehead atoms. The highest BCUT2D eigenvalue weighted by Gasteiger charge is 2.46. The number of carbonyl (C=O) groups is 1. The predicted molar refractivity (Wildman–Crippen MR) is 77.9 cm³/mol. The van der Waals surface area contributed by atoms with Gasteiger partial charge in [0.05, 0.1) is 12.6 Å². The monoisotopic (exact) mass is 313 g/mol. The van der Waals surface area contributed by atoms with Gasteiger partial charge >= 0.3 is 6.03 Å². The lowest BCUT2D eigenvalue weighted by atomic mass is 10.0. The van der Waals surface area contributed by atoms with Crippen LogP contribution in [-0.2, 0) is 11.2 Å². The van der Waals surface area contributed by atoms with E-state index in [2.05, 4.69) is 10.3 Å². The summed E-state index contributed by atoms with van der Waals surface area (Å²) in [6, 6.07) is -0.214. The molecule has 1 aromatic rings. The molecule has 0 unspecified atom stereocenters. The van der Waals surface area contributed by atoms with Gasteiger partial charge in [0.1, 0.15) is 12.6 Å². The van der Waals surface area contributed by atoms with Crippen LogP contribution in [0.25, 0.3) is 0 Å². The molecule has 1 aliphatic heterocycles. The first-order chi connectivity index (χ1) is 10.4. The Kier molecular flexibility index (Phi) is 4.95. The van der Waals surface area contributed by atoms with Crippen LogP contribution in [0.1, 0.15) is 31.0 Å². The number of hydrogen-bond acceptors (Lipinski definition) is 3. The normalized spacial score (nSPS) is 21.4. The van der Waals surface area contributed by atoms with Gasteiger partial charge in [-0.05, 0) is 30.5 Å². The zero-order chi connectivity index (χ0) is 16.3. The molecule has 0 radical (unpaired) electrons. The Labute approximate surface area is 128 Å². The van der Waals surface area contributed by atoms with Gasteiger partial charge in [-0.25, -0.2) is 13.6 Å². The minimum atomic E-state index is -3.02. The molecule has 2 atom stereocenters. The van der Waals surface area contributed by atoms with E-state index in [1.807, 2.05) is 19.9 Å². The van der Waals surface area contributed by atoms with Gasteiger partial charge in [0.2, 0.25) is 0 Å². The molecule has 22 heavy (non-hydrogen) atoms. The predicted octanol–water partition coefficient (Wildman–Crippen LogP) is 2.38. The van der Waals surface area contributed by atoms with E-state index in [-0.39, 0.29) is 12.6 Å². The summed E-state index contributed by atoms with van der Waals surface area (Å²) in [6.07, 6.45) is 4.21. The molecule has 1 saturated heterocycles. The van der Waals surface area contributed by atoms with Crippen molar-refractivity contribution in [3.05, 3.63) is 29.6 Å². The summed E-state index contributed by atoms with van der Waals surface area (Å²) in [7, 11) is 1.59. The lowest BCUT2D eigenvalue weighted by molar-refractivity contribution is -0.0223. The van der Waals surface area contributed by atoms with Crippen LogP contribution < -0.4 is 5.32 Å². The third kappa shape index (κ3) is 3.35. The Hall–Kier alpha value is -1.76. The first-order valence-corrected chi connectivity index (χ1v) is 7.28. The van der Waals surface area contributed by atoms with Gasteiger partial charge in [-0.1, -0.05) is 6.92 Å². The molecule has 1 aromatic heterocycles. The number of aryl methyl sites for hydroxylation is 1. The first kappa shape index (κ1) is 16.6. The van der Waals surface area contributed by atoms with E-state index in [4.69, 9.17) is 4.74 Å². The van der Waals surface area contributed by atoms with Gasteiger partial charge in [-0.2, -0.15) is 0 Å². The number of amides is 2. The number of pyridine rings is 1. The van der Waals surface area contributed by atoms with E-state index in [9.17, 15) is 13.6 Å². The number of urea groups is 1. The molecule has 2 rings (SSSR count). The Balaban J connectivity index is 2.07. The van der Waals surface area contributed by atoms with Crippen molar-refractivity contribution in [2.45, 2.75) is 38.3 Å². The van der Waals surface area contributed by atoms with Crippen molar-refractivity contribution in [2.24, 2.45) is 0 Å². The molecule has 0 spiro atoms. The molecule has 2 heterocycles. The number of ether oxygens (including phenoxy) is 1. The van der Waals surface area contributed by atoms with Crippen LogP contribution >= 0.6 is 0 Å². The number of carbonyl (C=O) groups excluding carboxylic acids is 1. The van der Waals surface area contributed by atoms with Crippen molar-refractivity contribution in [3.63, 3.8) is 0 Å². The molecule has 1 N–H and O–H groups in total. The summed E-state index contributed by atoms with van der Waals surface area (Å²) in [5, 5.41) is 2.35. The Bertz CT molecular complexity index is 539. The number of nitrogens with zero attached hydrogens (tertiary/aromatic N) is 2. The van der Waals surface area contributed by atoms with Crippen LogP contribution in [0.5, 0.6) is 0 Å². The Morgan fingerprint density at radius 1 is 1.64 bits per heavy atom. The first-order valence-electron chi connectivity index (χ1n) is 7.28. The summed E-state index contributed by atoms with van der Waals surface area (Å²) >= 11 is 0. The fourth-order valence-corrected chi connectivity index (χ4v) is 2.46. The molecule has 0 aromatic carbocycles. The summed E-state index contributed by atoms with van der Waals surface area (Å²) < 4.78 is 31.8. The second-order valence-electron chi connectivity index (χ2n) is 5.49. The van der Waals surface area contributed by atoms with Crippen LogP contribution in [0.3, 0.4) is 0 Å². The lowest BCUT2D eigenvalue weighted by Gasteiger charge is -2.29. The quantitative estimate of drug-likeness (QED) is 0.928. The number of nitrogens with one attached hydrogen (secondary N) is 1. The average molecular weight is 313 g/mol. The lowest BCUT2D eigenvalue weighted by Crippen LogP contribution is -2.51. The van der Waals surface area contributed by atoms with E-state index < -0.39 is 24.6 Å². The van der Waals surface area contributed by atoms with E-state index >= 15 is 0 Å². The fraction of sp³-hybridized carbons (Fsp3) is 0.600. The molecule has 5 nitrogen and oxygen atoms in total. The van der Waals surface area contributed by atoms with Gasteiger partial charge in [-0.15, -0.1) is 0 Å². The molecular formula is C15H21F2N3O2. The van der Waals surface area contributed by atoms with Gasteiger partial charge < -0.3 is 15.0 Å². The molecular weight excluding hydrogens is 292 g/mol. The van der Waals surface area contributed by atoms with E-state index in [1.165, 1.54) is 4.90 Å². The highest BCUT2D eigenvalue weighted by Crippen LogP contribution is 2.26. The van der Waals surface area contributed by atoms with Crippen molar-refractivity contribution in [1.29, 1.82) is 0 Å². The highest BCUT2D eigenvalue weighted by atomic mass is 19.3. The molecule has 7 heteroatoms. The van der Waals surface area contributed by atoms with Gasteiger partial charge in [0.15, 0.2) is 0 Å². The van der Waals surface area contributed by atoms with E-state index in [1.54, 1.807) is 19.4 Å². The average Bonchev–Trinajstić information content (AvgIpc) is 2.84. The standard InChI is InChI=1S/C15H21F2N3O2/c1-4-11-7-18-6-5-12(11)10(2)20(3)14(21)19-13-8-22-9-15(13,16)17/h5-7,10,13H,4,8-9H2,1-3H3,(H,19,21)/t10-,13-/m1/s1. The van der Waals surface area contributed by atoms with Gasteiger partial charge in [0.25, 0.3) is 5.92 Å². The van der Waals surface area contributed by atoms with Crippen LogP contribution in [0.15, 0.2) is 18.5 Å². The van der Waals surface area contributed by atoms with Crippen molar-refractivity contribution in [2.75, 3.05) is 20.3 Å². The van der Waals surface area contributed by atoms with Gasteiger partial charge in [-0.3, -0.25) is 4.98 Å². The van der Waals surface area contributed by atoms with E-state index in [0.717, 1.165) is 17.5 Å². The van der Waals surface area contributed by atoms with Crippen molar-refractivity contribution in [1.82, 2.24) is 15.2 Å². The van der Waals surface area contributed by atoms with Crippen LogP contribution in [0, 0.1) is 0 Å². The molecule has 0 aliphatic carbocycles. The molecule has 122 valence electrons. The number of halogens is 2. The Morgan fingerprint density at radius 2 is 2.36 bits per heavy atom. The summed E-state index contributed by atoms with van der Waals surface area (Å²) in [5.74, 6) is -3.02. The zero-order valence-corrected chi connectivity index (χ0v) is 13.0. The van der Waals surface area contributed by atoms with Gasteiger partial charge in [0, 0.05) is 19.4 Å². The number of alkyl halides is 2. The molecule has 0 saturated carbocycles. The fourth-order valence-electron chi connectivity index (χ4n) is 2.46. The summed E-state index contributed by atoms with van der Waals surface area (Å²) in [5.41, 5.74) is 1.99. The third-order valence-electron chi connectivity index (χ3n) is 4.06. The van der Waals surface area contributed by atoms with Crippen LogP contribution in [0.4, 0.5) is 13.6 Å². The number of rotatable bonds is 4. The SMILES string of the molecule is CCc1cnccc1[C@@H](C)N(C)C(=O)N[C@@H]1COCC1(F)F. The van der Waals surface area contributed by atoms with Crippen LogP contribution in [-0.4, -0.2) is 48.1 Å². The van der Waals surface area contributed by atoms with Crippen molar-refractivity contribution >= 4 is 6.03 Å². The maximum absolute atomic E-state index is 13.5. The minimum absolute atomic E-state index is 0.170. The highest BCUT2D eigenvalue weighted by molar-refractivity contribution is 5.75. The number of hydrogen-bond donors (Lipinski definition) is 1. The zero-order valence-electron chi connectivity index (χ0n) is 13.0. The summed E-state index contributed by atoms with van der Waals surface area (Å²) in [6.45, 7) is 3.04. The van der Waals surface area contributed by atoms with Crippen molar-refractivity contribution in [3.8, 4) is 0 Å². The van der Waals surface area contributed by atoms with Crippen molar-refractivity contribution < 1.29 is 18.3 Å². The second-order valence-corrected chi connectivity index (χ2v) is 5.49. The topological polar surface area (TPSA) is 54.5 Å². The molecule has 2 amide bonds.